The lowest BCUT2D eigenvalue weighted by Crippen LogP contribution is -2.42. The summed E-state index contributed by atoms with van der Waals surface area (Å²) < 4.78 is 28.6. The maximum absolute atomic E-state index is 13.7. The minimum Gasteiger partial charge on any atom is -0.348 e. The van der Waals surface area contributed by atoms with E-state index < -0.39 is 10.0 Å². The summed E-state index contributed by atoms with van der Waals surface area (Å²) in [6, 6.07) is 18.6. The van der Waals surface area contributed by atoms with Crippen LogP contribution in [0.5, 0.6) is 0 Å². The van der Waals surface area contributed by atoms with E-state index in [9.17, 15) is 13.2 Å². The molecule has 1 aliphatic rings. The van der Waals surface area contributed by atoms with E-state index in [4.69, 9.17) is 0 Å². The number of amides is 1. The number of anilines is 1. The van der Waals surface area contributed by atoms with Crippen molar-refractivity contribution in [3.8, 4) is 0 Å². The third-order valence-corrected chi connectivity index (χ3v) is 8.55. The summed E-state index contributed by atoms with van der Waals surface area (Å²) in [5.74, 6) is -0.341. The van der Waals surface area contributed by atoms with Gasteiger partial charge in [-0.3, -0.25) is 9.10 Å². The fourth-order valence-corrected chi connectivity index (χ4v) is 6.13. The lowest BCUT2D eigenvalue weighted by molar-refractivity contribution is -0.120. The lowest BCUT2D eigenvalue weighted by Gasteiger charge is -2.27. The Balaban J connectivity index is 1.61. The highest BCUT2D eigenvalue weighted by Gasteiger charge is 2.29. The highest BCUT2D eigenvalue weighted by molar-refractivity contribution is 7.92. The van der Waals surface area contributed by atoms with Crippen molar-refractivity contribution >= 4 is 21.6 Å². The van der Waals surface area contributed by atoms with Gasteiger partial charge in [0.05, 0.1) is 16.6 Å². The maximum Gasteiger partial charge on any atom is 0.264 e. The molecule has 184 valence electrons. The van der Waals surface area contributed by atoms with Gasteiger partial charge in [0.25, 0.3) is 10.0 Å². The molecule has 1 aliphatic carbocycles. The first-order valence-corrected chi connectivity index (χ1v) is 13.7. The smallest absolute Gasteiger partial charge is 0.264 e. The van der Waals surface area contributed by atoms with Crippen LogP contribution in [0.2, 0.25) is 0 Å². The number of nitrogens with zero attached hydrogens (tertiary/aromatic N) is 1. The van der Waals surface area contributed by atoms with Crippen molar-refractivity contribution in [2.75, 3.05) is 10.8 Å². The van der Waals surface area contributed by atoms with Crippen molar-refractivity contribution in [1.82, 2.24) is 5.32 Å². The van der Waals surface area contributed by atoms with Crippen LogP contribution in [0.25, 0.3) is 0 Å². The molecular formula is C29H34N2O3S. The van der Waals surface area contributed by atoms with Gasteiger partial charge in [-0.15, -0.1) is 0 Å². The topological polar surface area (TPSA) is 66.5 Å². The van der Waals surface area contributed by atoms with E-state index in [-0.39, 0.29) is 23.4 Å². The molecule has 0 fully saturated rings. The van der Waals surface area contributed by atoms with E-state index in [1.165, 1.54) is 28.3 Å². The van der Waals surface area contributed by atoms with Crippen molar-refractivity contribution in [2.24, 2.45) is 0 Å². The molecule has 3 aromatic carbocycles. The molecular weight excluding hydrogens is 456 g/mol. The Morgan fingerprint density at radius 3 is 2.26 bits per heavy atom. The zero-order valence-electron chi connectivity index (χ0n) is 21.0. The summed E-state index contributed by atoms with van der Waals surface area (Å²) in [5.41, 5.74) is 7.00. The first-order valence-electron chi connectivity index (χ1n) is 12.2. The van der Waals surface area contributed by atoms with Crippen LogP contribution >= 0.6 is 0 Å². The SMILES string of the molecule is Cc1ccc(S(=O)(=O)N(CC(=O)N[C@@H](C)c2ccc3c(c2)CCCC3)c2cc(C)ccc2C)cc1. The second-order valence-corrected chi connectivity index (χ2v) is 11.5. The largest absolute Gasteiger partial charge is 0.348 e. The Kier molecular flexibility index (Phi) is 7.31. The summed E-state index contributed by atoms with van der Waals surface area (Å²) in [6.07, 6.45) is 4.60. The van der Waals surface area contributed by atoms with Crippen LogP contribution in [-0.2, 0) is 27.7 Å². The number of rotatable bonds is 7. The number of carbonyl (C=O) groups is 1. The average Bonchev–Trinajstić information content (AvgIpc) is 2.84. The van der Waals surface area contributed by atoms with E-state index in [1.54, 1.807) is 24.3 Å². The number of fused-ring (bicyclic) bond motifs is 1. The molecule has 6 heteroatoms. The van der Waals surface area contributed by atoms with Gasteiger partial charge >= 0.3 is 0 Å². The van der Waals surface area contributed by atoms with Gasteiger partial charge in [0.1, 0.15) is 6.54 Å². The molecule has 3 aromatic rings. The van der Waals surface area contributed by atoms with E-state index in [0.29, 0.717) is 5.69 Å². The normalized spacial score (nSPS) is 14.2. The number of nitrogens with one attached hydrogen (secondary N) is 1. The molecule has 0 heterocycles. The van der Waals surface area contributed by atoms with Gasteiger partial charge in [0.2, 0.25) is 5.91 Å². The molecule has 0 aromatic heterocycles. The molecule has 1 amide bonds. The standard InChI is InChI=1S/C29H34N2O3S/c1-20-10-15-27(16-11-20)35(33,34)31(28-17-21(2)9-12-22(28)3)19-29(32)30-23(4)25-14-13-24-7-5-6-8-26(24)18-25/h9-18,23H,5-8,19H2,1-4H3,(H,30,32)/t23-/m0/s1. The van der Waals surface area contributed by atoms with E-state index in [2.05, 4.69) is 23.5 Å². The van der Waals surface area contributed by atoms with E-state index >= 15 is 0 Å². The van der Waals surface area contributed by atoms with Crippen LogP contribution in [0.1, 0.15) is 59.2 Å². The number of aryl methyl sites for hydroxylation is 5. The van der Waals surface area contributed by atoms with Gasteiger partial charge < -0.3 is 5.32 Å². The predicted molar refractivity (Wildman–Crippen MR) is 141 cm³/mol. The Hall–Kier alpha value is -3.12. The molecule has 0 unspecified atom stereocenters. The number of benzene rings is 3. The van der Waals surface area contributed by atoms with Crippen molar-refractivity contribution in [3.63, 3.8) is 0 Å². The second-order valence-electron chi connectivity index (χ2n) is 9.64. The first-order chi connectivity index (χ1) is 16.6. The van der Waals surface area contributed by atoms with Crippen LogP contribution in [0.4, 0.5) is 5.69 Å². The van der Waals surface area contributed by atoms with Crippen molar-refractivity contribution < 1.29 is 13.2 Å². The Labute approximate surface area is 209 Å². The van der Waals surface area contributed by atoms with Gasteiger partial charge in [-0.05, 0) is 99.4 Å². The molecule has 0 radical (unpaired) electrons. The van der Waals surface area contributed by atoms with Crippen molar-refractivity contribution in [2.45, 2.75) is 64.3 Å². The summed E-state index contributed by atoms with van der Waals surface area (Å²) in [7, 11) is -3.95. The average molecular weight is 491 g/mol. The third-order valence-electron chi connectivity index (χ3n) is 6.78. The highest BCUT2D eigenvalue weighted by Crippen LogP contribution is 2.29. The van der Waals surface area contributed by atoms with Crippen molar-refractivity contribution in [3.05, 3.63) is 94.0 Å². The van der Waals surface area contributed by atoms with Crippen LogP contribution in [0.15, 0.2) is 65.6 Å². The predicted octanol–water partition coefficient (Wildman–Crippen LogP) is 5.56. The minimum absolute atomic E-state index is 0.166. The van der Waals surface area contributed by atoms with E-state index in [1.807, 2.05) is 45.9 Å². The molecule has 1 N–H and O–H groups in total. The van der Waals surface area contributed by atoms with Gasteiger partial charge in [0, 0.05) is 0 Å². The summed E-state index contributed by atoms with van der Waals surface area (Å²) >= 11 is 0. The number of sulfonamides is 1. The number of carbonyl (C=O) groups excluding carboxylic acids is 1. The van der Waals surface area contributed by atoms with E-state index in [0.717, 1.165) is 35.1 Å². The maximum atomic E-state index is 13.7. The molecule has 35 heavy (non-hydrogen) atoms. The van der Waals surface area contributed by atoms with Gasteiger partial charge in [-0.2, -0.15) is 0 Å². The van der Waals surface area contributed by atoms with Crippen LogP contribution in [-0.4, -0.2) is 20.9 Å². The summed E-state index contributed by atoms with van der Waals surface area (Å²) in [4.78, 5) is 13.4. The number of hydrogen-bond donors (Lipinski definition) is 1. The first kappa shape index (κ1) is 25.0. The molecule has 0 saturated heterocycles. The fraction of sp³-hybridized carbons (Fsp3) is 0.345. The van der Waals surface area contributed by atoms with Gasteiger partial charge in [0.15, 0.2) is 0 Å². The highest BCUT2D eigenvalue weighted by atomic mass is 32.2. The molecule has 5 nitrogen and oxygen atoms in total. The van der Waals surface area contributed by atoms with Crippen LogP contribution in [0, 0.1) is 20.8 Å². The zero-order chi connectivity index (χ0) is 25.2. The Morgan fingerprint density at radius 1 is 0.886 bits per heavy atom. The molecule has 0 bridgehead atoms. The molecule has 0 spiro atoms. The van der Waals surface area contributed by atoms with Crippen molar-refractivity contribution in [1.29, 1.82) is 0 Å². The molecule has 0 aliphatic heterocycles. The third kappa shape index (κ3) is 5.59. The van der Waals surface area contributed by atoms with Gasteiger partial charge in [-0.25, -0.2) is 8.42 Å². The summed E-state index contributed by atoms with van der Waals surface area (Å²) in [6.45, 7) is 7.33. The Morgan fingerprint density at radius 2 is 1.54 bits per heavy atom. The molecule has 1 atom stereocenters. The zero-order valence-corrected chi connectivity index (χ0v) is 21.8. The summed E-state index contributed by atoms with van der Waals surface area (Å²) in [5, 5.41) is 3.02. The van der Waals surface area contributed by atoms with Crippen LogP contribution < -0.4 is 9.62 Å². The van der Waals surface area contributed by atoms with Crippen LogP contribution in [0.3, 0.4) is 0 Å². The second kappa shape index (κ2) is 10.2. The quantitative estimate of drug-likeness (QED) is 0.471. The Bertz CT molecular complexity index is 1330. The minimum atomic E-state index is -3.95. The number of hydrogen-bond acceptors (Lipinski definition) is 3. The molecule has 4 rings (SSSR count). The fourth-order valence-electron chi connectivity index (χ4n) is 4.65. The molecule has 0 saturated carbocycles. The lowest BCUT2D eigenvalue weighted by atomic mass is 9.89. The monoisotopic (exact) mass is 490 g/mol. The van der Waals surface area contributed by atoms with Gasteiger partial charge in [-0.1, -0.05) is 48.0 Å².